The molecule has 0 amide bonds. The standard InChI is InChI=1S/C11H28N2O3Si/c1-4-7-14-17(10-13,15-8-5-2)16-11(6-3)9-12/h11H,4-10,12-13H2,1-3H3. The van der Waals surface area contributed by atoms with Crippen molar-refractivity contribution in [2.24, 2.45) is 11.5 Å². The van der Waals surface area contributed by atoms with Crippen LogP contribution in [0.2, 0.25) is 0 Å². The van der Waals surface area contributed by atoms with Gasteiger partial charge in [0.1, 0.15) is 0 Å². The monoisotopic (exact) mass is 264 g/mol. The molecule has 0 aliphatic carbocycles. The summed E-state index contributed by atoms with van der Waals surface area (Å²) in [6, 6.07) is 0. The molecule has 0 aromatic carbocycles. The maximum Gasteiger partial charge on any atom is 0.515 e. The molecule has 104 valence electrons. The van der Waals surface area contributed by atoms with Crippen molar-refractivity contribution in [1.29, 1.82) is 0 Å². The molecule has 0 rings (SSSR count). The fourth-order valence-electron chi connectivity index (χ4n) is 1.34. The predicted octanol–water partition coefficient (Wildman–Crippen LogP) is 1.03. The second-order valence-corrected chi connectivity index (χ2v) is 6.56. The lowest BCUT2D eigenvalue weighted by molar-refractivity contribution is 0.0291. The van der Waals surface area contributed by atoms with Crippen molar-refractivity contribution < 1.29 is 13.3 Å². The van der Waals surface area contributed by atoms with Crippen molar-refractivity contribution in [3.63, 3.8) is 0 Å². The lowest BCUT2D eigenvalue weighted by Gasteiger charge is -2.31. The van der Waals surface area contributed by atoms with Gasteiger partial charge in [-0.3, -0.25) is 0 Å². The highest BCUT2D eigenvalue weighted by Gasteiger charge is 2.41. The summed E-state index contributed by atoms with van der Waals surface area (Å²) >= 11 is 0. The van der Waals surface area contributed by atoms with Gasteiger partial charge in [0.25, 0.3) is 0 Å². The summed E-state index contributed by atoms with van der Waals surface area (Å²) in [6.45, 7) is 7.84. The van der Waals surface area contributed by atoms with Crippen LogP contribution in [0.15, 0.2) is 0 Å². The zero-order valence-corrected chi connectivity index (χ0v) is 12.4. The van der Waals surface area contributed by atoms with Gasteiger partial charge in [-0.1, -0.05) is 20.8 Å². The molecule has 0 fully saturated rings. The van der Waals surface area contributed by atoms with Crippen molar-refractivity contribution >= 4 is 8.80 Å². The first-order valence-corrected chi connectivity index (χ1v) is 8.47. The van der Waals surface area contributed by atoms with E-state index in [2.05, 4.69) is 13.8 Å². The van der Waals surface area contributed by atoms with Crippen LogP contribution in [0, 0.1) is 0 Å². The molecule has 0 bridgehead atoms. The van der Waals surface area contributed by atoms with Gasteiger partial charge in [0.2, 0.25) is 0 Å². The van der Waals surface area contributed by atoms with Gasteiger partial charge in [-0.25, -0.2) is 0 Å². The Bertz CT molecular complexity index is 172. The average molecular weight is 264 g/mol. The molecule has 0 spiro atoms. The Morgan fingerprint density at radius 3 is 1.82 bits per heavy atom. The quantitative estimate of drug-likeness (QED) is 0.545. The van der Waals surface area contributed by atoms with Crippen LogP contribution in [0.3, 0.4) is 0 Å². The molecule has 0 heterocycles. The van der Waals surface area contributed by atoms with E-state index in [4.69, 9.17) is 24.7 Å². The second kappa shape index (κ2) is 9.99. The maximum absolute atomic E-state index is 5.93. The first kappa shape index (κ1) is 17.0. The predicted molar refractivity (Wildman–Crippen MR) is 71.5 cm³/mol. The molecular formula is C11H28N2O3Si. The van der Waals surface area contributed by atoms with Crippen LogP contribution in [0.1, 0.15) is 40.0 Å². The SMILES string of the molecule is CCCO[Si](CN)(OCCC)OC(CC)CN. The molecule has 5 nitrogen and oxygen atoms in total. The van der Waals surface area contributed by atoms with Gasteiger partial charge in [-0.2, -0.15) is 0 Å². The lowest BCUT2D eigenvalue weighted by atomic mass is 10.3. The Labute approximate surface area is 106 Å². The molecule has 0 aromatic rings. The Morgan fingerprint density at radius 1 is 1.00 bits per heavy atom. The third kappa shape index (κ3) is 6.49. The van der Waals surface area contributed by atoms with Gasteiger partial charge in [-0.15, -0.1) is 0 Å². The van der Waals surface area contributed by atoms with Crippen molar-refractivity contribution in [2.75, 3.05) is 25.9 Å². The fraction of sp³-hybridized carbons (Fsp3) is 1.00. The summed E-state index contributed by atoms with van der Waals surface area (Å²) in [5.41, 5.74) is 11.4. The number of rotatable bonds is 11. The van der Waals surface area contributed by atoms with Crippen LogP contribution in [-0.2, 0) is 13.3 Å². The molecule has 0 aliphatic rings. The molecule has 17 heavy (non-hydrogen) atoms. The van der Waals surface area contributed by atoms with Crippen LogP contribution >= 0.6 is 0 Å². The number of nitrogens with two attached hydrogens (primary N) is 2. The highest BCUT2D eigenvalue weighted by Crippen LogP contribution is 2.14. The van der Waals surface area contributed by atoms with Gasteiger partial charge >= 0.3 is 8.80 Å². The molecule has 0 saturated carbocycles. The van der Waals surface area contributed by atoms with E-state index in [-0.39, 0.29) is 6.10 Å². The molecule has 6 heteroatoms. The van der Waals surface area contributed by atoms with Crippen molar-refractivity contribution in [3.05, 3.63) is 0 Å². The van der Waals surface area contributed by atoms with E-state index in [1.807, 2.05) is 6.92 Å². The first-order chi connectivity index (χ1) is 8.17. The average Bonchev–Trinajstić information content (AvgIpc) is 2.38. The van der Waals surface area contributed by atoms with E-state index in [0.29, 0.717) is 25.9 Å². The minimum absolute atomic E-state index is 0.0288. The van der Waals surface area contributed by atoms with Crippen molar-refractivity contribution in [3.8, 4) is 0 Å². The molecule has 0 saturated heterocycles. The topological polar surface area (TPSA) is 79.7 Å². The van der Waals surface area contributed by atoms with Crippen LogP contribution in [0.25, 0.3) is 0 Å². The molecule has 0 aromatic heterocycles. The van der Waals surface area contributed by atoms with Gasteiger partial charge in [0.15, 0.2) is 0 Å². The minimum Gasteiger partial charge on any atom is -0.373 e. The number of hydrogen-bond donors (Lipinski definition) is 2. The second-order valence-electron chi connectivity index (χ2n) is 3.97. The van der Waals surface area contributed by atoms with Gasteiger partial charge < -0.3 is 24.7 Å². The van der Waals surface area contributed by atoms with E-state index in [9.17, 15) is 0 Å². The van der Waals surface area contributed by atoms with Crippen LogP contribution < -0.4 is 11.5 Å². The zero-order chi connectivity index (χ0) is 13.1. The summed E-state index contributed by atoms with van der Waals surface area (Å²) in [6.07, 6.45) is 2.97. The molecule has 0 aliphatic heterocycles. The van der Waals surface area contributed by atoms with E-state index in [1.54, 1.807) is 0 Å². The van der Waals surface area contributed by atoms with Crippen LogP contribution in [0.5, 0.6) is 0 Å². The van der Waals surface area contributed by atoms with Gasteiger partial charge in [0, 0.05) is 19.8 Å². The van der Waals surface area contributed by atoms with E-state index < -0.39 is 8.80 Å². The normalized spacial score (nSPS) is 13.9. The number of hydrogen-bond acceptors (Lipinski definition) is 5. The molecule has 1 atom stereocenters. The Morgan fingerprint density at radius 2 is 1.53 bits per heavy atom. The van der Waals surface area contributed by atoms with Gasteiger partial charge in [-0.05, 0) is 19.3 Å². The first-order valence-electron chi connectivity index (χ1n) is 6.53. The van der Waals surface area contributed by atoms with E-state index in [1.165, 1.54) is 0 Å². The summed E-state index contributed by atoms with van der Waals surface area (Å²) in [5, 5.41) is 0. The summed E-state index contributed by atoms with van der Waals surface area (Å²) in [4.78, 5) is 0. The summed E-state index contributed by atoms with van der Waals surface area (Å²) < 4.78 is 17.5. The largest absolute Gasteiger partial charge is 0.515 e. The third-order valence-corrected chi connectivity index (χ3v) is 4.85. The highest BCUT2D eigenvalue weighted by molar-refractivity contribution is 6.60. The molecular weight excluding hydrogens is 236 g/mol. The summed E-state index contributed by atoms with van der Waals surface area (Å²) in [7, 11) is -2.72. The van der Waals surface area contributed by atoms with E-state index >= 15 is 0 Å². The van der Waals surface area contributed by atoms with Crippen molar-refractivity contribution in [1.82, 2.24) is 0 Å². The smallest absolute Gasteiger partial charge is 0.373 e. The van der Waals surface area contributed by atoms with E-state index in [0.717, 1.165) is 19.3 Å². The Balaban J connectivity index is 4.51. The van der Waals surface area contributed by atoms with Crippen LogP contribution in [-0.4, -0.2) is 40.8 Å². The molecule has 4 N–H and O–H groups in total. The third-order valence-electron chi connectivity index (χ3n) is 2.37. The van der Waals surface area contributed by atoms with Gasteiger partial charge in [0.05, 0.1) is 12.3 Å². The Kier molecular flexibility index (Phi) is 10.00. The Hall–Kier alpha value is 0.0169. The maximum atomic E-state index is 5.93. The fourth-order valence-corrected chi connectivity index (χ4v) is 3.70. The minimum atomic E-state index is -2.72. The molecule has 0 radical (unpaired) electrons. The van der Waals surface area contributed by atoms with Crippen LogP contribution in [0.4, 0.5) is 0 Å². The lowest BCUT2D eigenvalue weighted by Crippen LogP contribution is -2.56. The highest BCUT2D eigenvalue weighted by atomic mass is 28.4. The van der Waals surface area contributed by atoms with Crippen molar-refractivity contribution in [2.45, 2.75) is 46.1 Å². The zero-order valence-electron chi connectivity index (χ0n) is 11.4. The summed E-state index contributed by atoms with van der Waals surface area (Å²) in [5.74, 6) is 0. The molecule has 1 unspecified atom stereocenters.